The van der Waals surface area contributed by atoms with E-state index in [1.807, 2.05) is 0 Å². The van der Waals surface area contributed by atoms with Gasteiger partial charge in [-0.2, -0.15) is 0 Å². The number of rotatable bonds is 1. The van der Waals surface area contributed by atoms with Crippen LogP contribution < -0.4 is 11.2 Å². The predicted octanol–water partition coefficient (Wildman–Crippen LogP) is 0.0281. The van der Waals surface area contributed by atoms with Gasteiger partial charge in [0.1, 0.15) is 6.17 Å². The molecule has 0 bridgehead atoms. The molecule has 1 fully saturated rings. The number of carbonyl (C=O) groups excluding carboxylic acids is 1. The van der Waals surface area contributed by atoms with Crippen molar-refractivity contribution in [2.45, 2.75) is 25.4 Å². The second-order valence-corrected chi connectivity index (χ2v) is 2.84. The lowest BCUT2D eigenvalue weighted by molar-refractivity contribution is 0.0869. The molecule has 1 amide bonds. The van der Waals surface area contributed by atoms with Gasteiger partial charge in [0.2, 0.25) is 0 Å². The zero-order valence-corrected chi connectivity index (χ0v) is 7.25. The minimum atomic E-state index is -0.491. The number of nitrogens with two attached hydrogens (primary N) is 1. The highest BCUT2D eigenvalue weighted by Gasteiger charge is 2.22. The van der Waals surface area contributed by atoms with Crippen molar-refractivity contribution in [3.05, 3.63) is 0 Å². The van der Waals surface area contributed by atoms with Crippen LogP contribution in [0.25, 0.3) is 0 Å². The molecule has 12 heavy (non-hydrogen) atoms. The van der Waals surface area contributed by atoms with Crippen LogP contribution >= 0.6 is 0 Å². The maximum atomic E-state index is 10.9. The van der Waals surface area contributed by atoms with E-state index in [0.29, 0.717) is 0 Å². The van der Waals surface area contributed by atoms with E-state index in [1.54, 1.807) is 0 Å². The average molecular weight is 173 g/mol. The van der Waals surface area contributed by atoms with Gasteiger partial charge in [0.15, 0.2) is 0 Å². The van der Waals surface area contributed by atoms with Crippen molar-refractivity contribution < 1.29 is 9.53 Å². The van der Waals surface area contributed by atoms with E-state index in [9.17, 15) is 4.79 Å². The summed E-state index contributed by atoms with van der Waals surface area (Å²) in [4.78, 5) is 10.9. The quantitative estimate of drug-likeness (QED) is 0.333. The number of ether oxygens (including phenoxy) is 1. The topological polar surface area (TPSA) is 67.6 Å². The number of nitrogens with zero attached hydrogens (tertiary/aromatic N) is 1. The minimum absolute atomic E-state index is 0.0637. The zero-order chi connectivity index (χ0) is 8.97. The third-order valence-electron chi connectivity index (χ3n) is 2.01. The van der Waals surface area contributed by atoms with E-state index in [-0.39, 0.29) is 6.17 Å². The lowest BCUT2D eigenvalue weighted by Gasteiger charge is -2.30. The van der Waals surface area contributed by atoms with Gasteiger partial charge in [-0.3, -0.25) is 5.32 Å². The smallest absolute Gasteiger partial charge is 0.425 e. The molecule has 1 saturated heterocycles. The Morgan fingerprint density at radius 1 is 1.67 bits per heavy atom. The number of nitrogens with one attached hydrogen (secondary N) is 1. The first-order chi connectivity index (χ1) is 5.75. The van der Waals surface area contributed by atoms with Gasteiger partial charge in [-0.05, 0) is 25.8 Å². The number of carbonyl (C=O) groups is 1. The summed E-state index contributed by atoms with van der Waals surface area (Å²) in [7, 11) is 1.32. The lowest BCUT2D eigenvalue weighted by atomic mass is 10.1. The molecule has 0 spiro atoms. The van der Waals surface area contributed by atoms with E-state index in [2.05, 4.69) is 10.1 Å². The van der Waals surface area contributed by atoms with E-state index >= 15 is 0 Å². The van der Waals surface area contributed by atoms with Crippen LogP contribution in [0.1, 0.15) is 19.3 Å². The second kappa shape index (κ2) is 4.27. The van der Waals surface area contributed by atoms with Crippen molar-refractivity contribution in [2.24, 2.45) is 5.84 Å². The van der Waals surface area contributed by atoms with Crippen molar-refractivity contribution in [3.8, 4) is 0 Å². The Morgan fingerprint density at radius 2 is 2.42 bits per heavy atom. The van der Waals surface area contributed by atoms with Crippen molar-refractivity contribution in [3.63, 3.8) is 0 Å². The summed E-state index contributed by atoms with van der Waals surface area (Å²) in [5.74, 6) is 5.50. The summed E-state index contributed by atoms with van der Waals surface area (Å²) in [6, 6.07) is 0. The predicted molar refractivity (Wildman–Crippen MR) is 44.1 cm³/mol. The van der Waals surface area contributed by atoms with Gasteiger partial charge in [-0.15, -0.1) is 0 Å². The molecule has 0 saturated carbocycles. The van der Waals surface area contributed by atoms with Crippen LogP contribution in [-0.2, 0) is 4.74 Å². The number of methoxy groups -OCH3 is 1. The van der Waals surface area contributed by atoms with Crippen LogP contribution in [-0.4, -0.2) is 30.9 Å². The maximum Gasteiger partial charge on any atom is 0.425 e. The fraction of sp³-hybridized carbons (Fsp3) is 0.857. The van der Waals surface area contributed by atoms with E-state index in [1.165, 1.54) is 7.11 Å². The van der Waals surface area contributed by atoms with Crippen LogP contribution in [0, 0.1) is 0 Å². The van der Waals surface area contributed by atoms with Crippen molar-refractivity contribution >= 4 is 6.09 Å². The standard InChI is InChI=1S/C7H15N3O2/c1-12-7(11)10(8)6-4-2-3-5-9-6/h6,9H,2-5,8H2,1H3. The molecular formula is C7H15N3O2. The molecule has 0 aliphatic carbocycles. The fourth-order valence-corrected chi connectivity index (χ4v) is 1.30. The first-order valence-electron chi connectivity index (χ1n) is 4.11. The van der Waals surface area contributed by atoms with Crippen molar-refractivity contribution in [1.82, 2.24) is 10.3 Å². The van der Waals surface area contributed by atoms with Crippen LogP contribution in [0.15, 0.2) is 0 Å². The van der Waals surface area contributed by atoms with Gasteiger partial charge in [0, 0.05) is 0 Å². The van der Waals surface area contributed by atoms with Crippen molar-refractivity contribution in [2.75, 3.05) is 13.7 Å². The molecule has 1 atom stereocenters. The number of hydrogen-bond acceptors (Lipinski definition) is 4. The number of amides is 1. The highest BCUT2D eigenvalue weighted by Crippen LogP contribution is 2.08. The Kier molecular flexibility index (Phi) is 3.31. The zero-order valence-electron chi connectivity index (χ0n) is 7.25. The van der Waals surface area contributed by atoms with Crippen LogP contribution in [0.3, 0.4) is 0 Å². The molecule has 1 rings (SSSR count). The molecule has 1 aliphatic heterocycles. The summed E-state index contributed by atoms with van der Waals surface area (Å²) in [5, 5.41) is 4.24. The molecule has 5 heteroatoms. The Balaban J connectivity index is 2.39. The molecular weight excluding hydrogens is 158 g/mol. The average Bonchev–Trinajstić information content (AvgIpc) is 2.17. The summed E-state index contributed by atoms with van der Waals surface area (Å²) >= 11 is 0. The molecule has 0 aromatic heterocycles. The first-order valence-corrected chi connectivity index (χ1v) is 4.11. The Hall–Kier alpha value is -0.810. The van der Waals surface area contributed by atoms with Crippen molar-refractivity contribution in [1.29, 1.82) is 0 Å². The molecule has 1 heterocycles. The highest BCUT2D eigenvalue weighted by molar-refractivity contribution is 5.66. The second-order valence-electron chi connectivity index (χ2n) is 2.84. The molecule has 3 N–H and O–H groups in total. The van der Waals surface area contributed by atoms with Gasteiger partial charge < -0.3 is 4.74 Å². The number of hydrogen-bond donors (Lipinski definition) is 2. The molecule has 0 aromatic rings. The number of hydrazine groups is 1. The van der Waals surface area contributed by atoms with Crippen LogP contribution in [0.5, 0.6) is 0 Å². The summed E-state index contributed by atoms with van der Waals surface area (Å²) < 4.78 is 4.49. The molecule has 1 aliphatic rings. The summed E-state index contributed by atoms with van der Waals surface area (Å²) in [5.41, 5.74) is 0. The summed E-state index contributed by atoms with van der Waals surface area (Å²) in [6.45, 7) is 0.912. The Labute approximate surface area is 71.8 Å². The third kappa shape index (κ3) is 2.09. The van der Waals surface area contributed by atoms with Gasteiger partial charge in [-0.1, -0.05) is 0 Å². The van der Waals surface area contributed by atoms with Gasteiger partial charge in [0.05, 0.1) is 7.11 Å². The van der Waals surface area contributed by atoms with E-state index < -0.39 is 6.09 Å². The number of piperidine rings is 1. The van der Waals surface area contributed by atoms with Gasteiger partial charge >= 0.3 is 6.09 Å². The van der Waals surface area contributed by atoms with E-state index in [4.69, 9.17) is 5.84 Å². The molecule has 0 radical (unpaired) electrons. The van der Waals surface area contributed by atoms with Gasteiger partial charge in [-0.25, -0.2) is 15.6 Å². The fourth-order valence-electron chi connectivity index (χ4n) is 1.30. The molecule has 5 nitrogen and oxygen atoms in total. The van der Waals surface area contributed by atoms with Gasteiger partial charge in [0.25, 0.3) is 0 Å². The molecule has 0 aromatic carbocycles. The maximum absolute atomic E-state index is 10.9. The molecule has 1 unspecified atom stereocenters. The summed E-state index contributed by atoms with van der Waals surface area (Å²) in [6.07, 6.45) is 2.58. The first kappa shape index (κ1) is 9.28. The van der Waals surface area contributed by atoms with Crippen LogP contribution in [0.2, 0.25) is 0 Å². The lowest BCUT2D eigenvalue weighted by Crippen LogP contribution is -2.54. The third-order valence-corrected chi connectivity index (χ3v) is 2.01. The Morgan fingerprint density at radius 3 is 2.92 bits per heavy atom. The van der Waals surface area contributed by atoms with E-state index in [0.717, 1.165) is 30.8 Å². The normalized spacial score (nSPS) is 23.3. The highest BCUT2D eigenvalue weighted by atomic mass is 16.5. The minimum Gasteiger partial charge on any atom is -0.452 e. The molecule has 70 valence electrons. The SMILES string of the molecule is COC(=O)N(N)C1CCCCN1. The largest absolute Gasteiger partial charge is 0.452 e. The van der Waals surface area contributed by atoms with Crippen LogP contribution in [0.4, 0.5) is 4.79 Å². The monoisotopic (exact) mass is 173 g/mol. The Bertz CT molecular complexity index is 157.